The van der Waals surface area contributed by atoms with Gasteiger partial charge in [0, 0.05) is 19.1 Å². The van der Waals surface area contributed by atoms with Gasteiger partial charge in [-0.05, 0) is 53.0 Å². The Balaban J connectivity index is 2.46. The third-order valence-electron chi connectivity index (χ3n) is 3.47. The lowest BCUT2D eigenvalue weighted by Gasteiger charge is -2.38. The Morgan fingerprint density at radius 2 is 2.20 bits per heavy atom. The summed E-state index contributed by atoms with van der Waals surface area (Å²) < 4.78 is 0. The number of hydrogen-bond acceptors (Lipinski definition) is 3. The van der Waals surface area contributed by atoms with Crippen LogP contribution in [0.4, 0.5) is 0 Å². The number of rotatable bonds is 5. The Morgan fingerprint density at radius 1 is 1.47 bits per heavy atom. The SMILES string of the molecule is CCNCC(C1CCCN(C)C1)N(C)C. The van der Waals surface area contributed by atoms with Crippen molar-refractivity contribution in [3.63, 3.8) is 0 Å². The van der Waals surface area contributed by atoms with Gasteiger partial charge < -0.3 is 15.1 Å². The smallest absolute Gasteiger partial charge is 0.0254 e. The number of piperidine rings is 1. The van der Waals surface area contributed by atoms with E-state index in [1.807, 2.05) is 0 Å². The second kappa shape index (κ2) is 6.46. The molecule has 1 aliphatic rings. The van der Waals surface area contributed by atoms with Crippen LogP contribution < -0.4 is 5.32 Å². The zero-order valence-electron chi connectivity index (χ0n) is 10.8. The molecule has 0 bridgehead atoms. The summed E-state index contributed by atoms with van der Waals surface area (Å²) in [6, 6.07) is 0.688. The number of likely N-dealkylation sites (tertiary alicyclic amines) is 1. The molecule has 0 aromatic heterocycles. The third kappa shape index (κ3) is 4.09. The molecule has 0 aromatic carbocycles. The average molecular weight is 213 g/mol. The van der Waals surface area contributed by atoms with Gasteiger partial charge in [-0.25, -0.2) is 0 Å². The van der Waals surface area contributed by atoms with E-state index in [1.165, 1.54) is 25.9 Å². The first kappa shape index (κ1) is 12.9. The molecule has 15 heavy (non-hydrogen) atoms. The molecule has 1 saturated heterocycles. The molecule has 3 heteroatoms. The molecule has 1 rings (SSSR count). The fraction of sp³-hybridized carbons (Fsp3) is 1.00. The maximum atomic E-state index is 3.48. The van der Waals surface area contributed by atoms with Gasteiger partial charge in [0.05, 0.1) is 0 Å². The van der Waals surface area contributed by atoms with Crippen LogP contribution in [0.1, 0.15) is 19.8 Å². The molecule has 0 amide bonds. The van der Waals surface area contributed by atoms with Crippen molar-refractivity contribution in [3.05, 3.63) is 0 Å². The summed E-state index contributed by atoms with van der Waals surface area (Å²) in [5, 5.41) is 3.48. The van der Waals surface area contributed by atoms with Crippen LogP contribution >= 0.6 is 0 Å². The standard InChI is InChI=1S/C12H27N3/c1-5-13-9-12(14(2)3)11-7-6-8-15(4)10-11/h11-13H,5-10H2,1-4H3. The fourth-order valence-electron chi connectivity index (χ4n) is 2.58. The number of nitrogens with zero attached hydrogens (tertiary/aromatic N) is 2. The Labute approximate surface area is 94.8 Å². The van der Waals surface area contributed by atoms with Crippen LogP contribution in [-0.4, -0.2) is 63.2 Å². The van der Waals surface area contributed by atoms with E-state index in [4.69, 9.17) is 0 Å². The predicted molar refractivity (Wildman–Crippen MR) is 66.2 cm³/mol. The van der Waals surface area contributed by atoms with E-state index in [1.54, 1.807) is 0 Å². The summed E-state index contributed by atoms with van der Waals surface area (Å²) >= 11 is 0. The maximum absolute atomic E-state index is 3.48. The molecule has 1 N–H and O–H groups in total. The Bertz CT molecular complexity index is 170. The predicted octanol–water partition coefficient (Wildman–Crippen LogP) is 0.868. The van der Waals surface area contributed by atoms with Gasteiger partial charge in [0.15, 0.2) is 0 Å². The van der Waals surface area contributed by atoms with Gasteiger partial charge in [0.25, 0.3) is 0 Å². The van der Waals surface area contributed by atoms with Crippen molar-refractivity contribution in [2.75, 3.05) is 47.3 Å². The van der Waals surface area contributed by atoms with Crippen molar-refractivity contribution in [2.45, 2.75) is 25.8 Å². The van der Waals surface area contributed by atoms with Gasteiger partial charge >= 0.3 is 0 Å². The highest BCUT2D eigenvalue weighted by Crippen LogP contribution is 2.20. The molecule has 0 spiro atoms. The minimum Gasteiger partial charge on any atom is -0.315 e. The van der Waals surface area contributed by atoms with Crippen LogP contribution in [0, 0.1) is 5.92 Å². The fourth-order valence-corrected chi connectivity index (χ4v) is 2.58. The van der Waals surface area contributed by atoms with Crippen LogP contribution in [0.25, 0.3) is 0 Å². The summed E-state index contributed by atoms with van der Waals surface area (Å²) in [4.78, 5) is 4.85. The van der Waals surface area contributed by atoms with E-state index >= 15 is 0 Å². The summed E-state index contributed by atoms with van der Waals surface area (Å²) in [5.74, 6) is 0.831. The summed E-state index contributed by atoms with van der Waals surface area (Å²) in [7, 11) is 6.65. The first-order valence-electron chi connectivity index (χ1n) is 6.20. The lowest BCUT2D eigenvalue weighted by Crippen LogP contribution is -2.48. The molecule has 0 saturated carbocycles. The summed E-state index contributed by atoms with van der Waals surface area (Å²) in [5.41, 5.74) is 0. The van der Waals surface area contributed by atoms with Crippen LogP contribution in [-0.2, 0) is 0 Å². The average Bonchev–Trinajstić information content (AvgIpc) is 2.18. The highest BCUT2D eigenvalue weighted by atomic mass is 15.2. The van der Waals surface area contributed by atoms with Gasteiger partial charge in [-0.1, -0.05) is 6.92 Å². The van der Waals surface area contributed by atoms with E-state index in [9.17, 15) is 0 Å². The second-order valence-corrected chi connectivity index (χ2v) is 5.00. The Kier molecular flexibility index (Phi) is 5.58. The lowest BCUT2D eigenvalue weighted by atomic mass is 9.90. The molecule has 0 radical (unpaired) electrons. The Morgan fingerprint density at radius 3 is 2.73 bits per heavy atom. The van der Waals surface area contributed by atoms with E-state index in [0.29, 0.717) is 6.04 Å². The van der Waals surface area contributed by atoms with Crippen molar-refractivity contribution in [2.24, 2.45) is 5.92 Å². The van der Waals surface area contributed by atoms with Gasteiger partial charge in [-0.2, -0.15) is 0 Å². The summed E-state index contributed by atoms with van der Waals surface area (Å²) in [6.07, 6.45) is 2.75. The normalized spacial score (nSPS) is 25.8. The van der Waals surface area contributed by atoms with Gasteiger partial charge in [-0.15, -0.1) is 0 Å². The Hall–Kier alpha value is -0.120. The van der Waals surface area contributed by atoms with E-state index < -0.39 is 0 Å². The minimum absolute atomic E-state index is 0.688. The number of hydrogen-bond donors (Lipinski definition) is 1. The highest BCUT2D eigenvalue weighted by Gasteiger charge is 2.26. The topological polar surface area (TPSA) is 18.5 Å². The second-order valence-electron chi connectivity index (χ2n) is 5.00. The molecule has 2 atom stereocenters. The van der Waals surface area contributed by atoms with Crippen LogP contribution in [0.3, 0.4) is 0 Å². The third-order valence-corrected chi connectivity index (χ3v) is 3.47. The van der Waals surface area contributed by atoms with Gasteiger partial charge in [0.1, 0.15) is 0 Å². The van der Waals surface area contributed by atoms with Crippen LogP contribution in [0.15, 0.2) is 0 Å². The minimum atomic E-state index is 0.688. The molecule has 0 aliphatic carbocycles. The molecule has 3 nitrogen and oxygen atoms in total. The zero-order chi connectivity index (χ0) is 11.3. The van der Waals surface area contributed by atoms with Crippen molar-refractivity contribution in [1.82, 2.24) is 15.1 Å². The molecule has 1 heterocycles. The largest absolute Gasteiger partial charge is 0.315 e. The first-order chi connectivity index (χ1) is 7.15. The highest BCUT2D eigenvalue weighted by molar-refractivity contribution is 4.83. The molecule has 0 aromatic rings. The van der Waals surface area contributed by atoms with Crippen molar-refractivity contribution < 1.29 is 0 Å². The monoisotopic (exact) mass is 213 g/mol. The van der Waals surface area contributed by atoms with Crippen molar-refractivity contribution >= 4 is 0 Å². The van der Waals surface area contributed by atoms with Crippen molar-refractivity contribution in [1.29, 1.82) is 0 Å². The molecule has 1 fully saturated rings. The quantitative estimate of drug-likeness (QED) is 0.731. The van der Waals surface area contributed by atoms with E-state index in [-0.39, 0.29) is 0 Å². The molecular formula is C12H27N3. The molecule has 2 unspecified atom stereocenters. The zero-order valence-corrected chi connectivity index (χ0v) is 10.8. The van der Waals surface area contributed by atoms with Crippen LogP contribution in [0.2, 0.25) is 0 Å². The van der Waals surface area contributed by atoms with E-state index in [0.717, 1.165) is 19.0 Å². The van der Waals surface area contributed by atoms with Crippen molar-refractivity contribution in [3.8, 4) is 0 Å². The first-order valence-corrected chi connectivity index (χ1v) is 6.20. The molecule has 1 aliphatic heterocycles. The number of nitrogens with one attached hydrogen (secondary N) is 1. The number of likely N-dealkylation sites (N-methyl/N-ethyl adjacent to an activating group) is 2. The molecular weight excluding hydrogens is 186 g/mol. The van der Waals surface area contributed by atoms with Gasteiger partial charge in [0.2, 0.25) is 0 Å². The summed E-state index contributed by atoms with van der Waals surface area (Å²) in [6.45, 7) is 6.92. The lowest BCUT2D eigenvalue weighted by molar-refractivity contribution is 0.121. The van der Waals surface area contributed by atoms with Crippen LogP contribution in [0.5, 0.6) is 0 Å². The molecule has 90 valence electrons. The maximum Gasteiger partial charge on any atom is 0.0254 e. The van der Waals surface area contributed by atoms with E-state index in [2.05, 4.69) is 43.2 Å². The van der Waals surface area contributed by atoms with Gasteiger partial charge in [-0.3, -0.25) is 0 Å².